The molecule has 0 amide bonds. The smallest absolute Gasteiger partial charge is 0.111 e. The molecule has 4 atom stereocenters. The molecule has 0 heterocycles. The second-order valence-corrected chi connectivity index (χ2v) is 2.53. The van der Waals surface area contributed by atoms with Gasteiger partial charge in [0.05, 0.1) is 12.7 Å². The molecule has 6 nitrogen and oxygen atoms in total. The normalized spacial score (nSPS) is 19.8. The van der Waals surface area contributed by atoms with E-state index in [0.29, 0.717) is 0 Å². The van der Waals surface area contributed by atoms with Gasteiger partial charge in [0.25, 0.3) is 0 Å². The van der Waals surface area contributed by atoms with Gasteiger partial charge in [-0.3, -0.25) is 0 Å². The van der Waals surface area contributed by atoms with E-state index in [1.807, 2.05) is 0 Å². The first-order valence-electron chi connectivity index (χ1n) is 3.57. The van der Waals surface area contributed by atoms with Crippen LogP contribution in [0.25, 0.3) is 0 Å². The van der Waals surface area contributed by atoms with E-state index in [0.717, 1.165) is 0 Å². The molecule has 0 unspecified atom stereocenters. The average Bonchev–Trinajstić information content (AvgIpc) is 2.12. The SMILES string of the molecule is I.NC[C@H](O)[C@@H](O)[C@@H](O)[C@H](O)CO. The van der Waals surface area contributed by atoms with E-state index in [1.165, 1.54) is 0 Å². The van der Waals surface area contributed by atoms with Crippen molar-refractivity contribution in [3.63, 3.8) is 0 Å². The molecular weight excluding hydrogens is 293 g/mol. The minimum Gasteiger partial charge on any atom is -0.394 e. The fraction of sp³-hybridized carbons (Fsp3) is 1.00. The van der Waals surface area contributed by atoms with Crippen LogP contribution in [0.15, 0.2) is 0 Å². The van der Waals surface area contributed by atoms with Gasteiger partial charge in [-0.2, -0.15) is 0 Å². The third kappa shape index (κ3) is 5.05. The van der Waals surface area contributed by atoms with Gasteiger partial charge in [-0.25, -0.2) is 0 Å². The Morgan fingerprint density at radius 1 is 0.923 bits per heavy atom. The third-order valence-electron chi connectivity index (χ3n) is 1.57. The van der Waals surface area contributed by atoms with Crippen LogP contribution in [-0.4, -0.2) is 63.1 Å². The standard InChI is InChI=1S/C6H15NO5.HI/c7-1-3(9)5(11)6(12)4(10)2-8;/h3-6,8-12H,1-2,7H2;1H/t3-,4+,5+,6-;/m0./s1. The Labute approximate surface area is 93.0 Å². The molecule has 0 saturated heterocycles. The Bertz CT molecular complexity index is 114. The Kier molecular flexibility index (Phi) is 9.63. The molecule has 0 aromatic rings. The molecule has 82 valence electrons. The molecule has 0 saturated carbocycles. The molecule has 7 heteroatoms. The van der Waals surface area contributed by atoms with Gasteiger partial charge in [0.1, 0.15) is 18.3 Å². The van der Waals surface area contributed by atoms with E-state index in [1.54, 1.807) is 0 Å². The number of rotatable bonds is 5. The maximum Gasteiger partial charge on any atom is 0.111 e. The van der Waals surface area contributed by atoms with E-state index < -0.39 is 31.0 Å². The molecule has 0 radical (unpaired) electrons. The van der Waals surface area contributed by atoms with Crippen molar-refractivity contribution in [1.29, 1.82) is 0 Å². The Balaban J connectivity index is 0. The van der Waals surface area contributed by atoms with E-state index in [2.05, 4.69) is 0 Å². The van der Waals surface area contributed by atoms with Crippen LogP contribution in [0.5, 0.6) is 0 Å². The molecule has 0 bridgehead atoms. The Morgan fingerprint density at radius 3 is 1.62 bits per heavy atom. The van der Waals surface area contributed by atoms with Gasteiger partial charge in [-0.05, 0) is 0 Å². The first-order chi connectivity index (χ1) is 5.54. The van der Waals surface area contributed by atoms with Gasteiger partial charge in [0, 0.05) is 6.54 Å². The van der Waals surface area contributed by atoms with Crippen molar-refractivity contribution in [2.75, 3.05) is 13.2 Å². The lowest BCUT2D eigenvalue weighted by Crippen LogP contribution is -2.48. The monoisotopic (exact) mass is 309 g/mol. The summed E-state index contributed by atoms with van der Waals surface area (Å²) in [5.41, 5.74) is 4.99. The highest BCUT2D eigenvalue weighted by molar-refractivity contribution is 14.0. The summed E-state index contributed by atoms with van der Waals surface area (Å²) in [6, 6.07) is 0. The van der Waals surface area contributed by atoms with Crippen molar-refractivity contribution in [3.8, 4) is 0 Å². The summed E-state index contributed by atoms with van der Waals surface area (Å²) in [6.07, 6.45) is -5.91. The van der Waals surface area contributed by atoms with Crippen molar-refractivity contribution >= 4 is 24.0 Å². The second-order valence-electron chi connectivity index (χ2n) is 2.53. The zero-order chi connectivity index (χ0) is 9.72. The molecule has 7 N–H and O–H groups in total. The van der Waals surface area contributed by atoms with Gasteiger partial charge in [0.2, 0.25) is 0 Å². The van der Waals surface area contributed by atoms with Gasteiger partial charge < -0.3 is 31.3 Å². The minimum absolute atomic E-state index is 0. The molecule has 0 aliphatic rings. The lowest BCUT2D eigenvalue weighted by Gasteiger charge is -2.24. The highest BCUT2D eigenvalue weighted by Gasteiger charge is 2.28. The summed E-state index contributed by atoms with van der Waals surface area (Å²) in [4.78, 5) is 0. The van der Waals surface area contributed by atoms with Crippen LogP contribution in [-0.2, 0) is 0 Å². The molecule has 0 aromatic carbocycles. The number of nitrogens with two attached hydrogens (primary N) is 1. The van der Waals surface area contributed by atoms with Crippen LogP contribution >= 0.6 is 24.0 Å². The second kappa shape index (κ2) is 7.85. The number of hydrogen-bond acceptors (Lipinski definition) is 6. The van der Waals surface area contributed by atoms with Crippen LogP contribution in [0, 0.1) is 0 Å². The highest BCUT2D eigenvalue weighted by Crippen LogP contribution is 2.03. The lowest BCUT2D eigenvalue weighted by molar-refractivity contribution is -0.112. The maximum absolute atomic E-state index is 9.04. The number of aliphatic hydroxyl groups is 5. The summed E-state index contributed by atoms with van der Waals surface area (Å²) in [5.74, 6) is 0. The van der Waals surface area contributed by atoms with E-state index in [4.69, 9.17) is 31.3 Å². The summed E-state index contributed by atoms with van der Waals surface area (Å²) in [6.45, 7) is -0.911. The van der Waals surface area contributed by atoms with Crippen molar-refractivity contribution in [2.24, 2.45) is 5.73 Å². The molecular formula is C6H16INO5. The quantitative estimate of drug-likeness (QED) is 0.301. The van der Waals surface area contributed by atoms with Crippen LogP contribution in [0.1, 0.15) is 0 Å². The number of aliphatic hydroxyl groups excluding tert-OH is 5. The van der Waals surface area contributed by atoms with Crippen LogP contribution in [0.3, 0.4) is 0 Å². The molecule has 0 aromatic heterocycles. The van der Waals surface area contributed by atoms with Gasteiger partial charge in [-0.1, -0.05) is 0 Å². The summed E-state index contributed by atoms with van der Waals surface area (Å²) in [5, 5.41) is 44.2. The van der Waals surface area contributed by atoms with E-state index >= 15 is 0 Å². The Morgan fingerprint density at radius 2 is 1.31 bits per heavy atom. The summed E-state index contributed by atoms with van der Waals surface area (Å²) < 4.78 is 0. The van der Waals surface area contributed by atoms with Crippen molar-refractivity contribution in [1.82, 2.24) is 0 Å². The topological polar surface area (TPSA) is 127 Å². The Hall–Kier alpha value is 0.490. The predicted molar refractivity (Wildman–Crippen MR) is 55.6 cm³/mol. The molecule has 0 aliphatic heterocycles. The van der Waals surface area contributed by atoms with Crippen LogP contribution in [0.2, 0.25) is 0 Å². The molecule has 13 heavy (non-hydrogen) atoms. The zero-order valence-electron chi connectivity index (χ0n) is 6.95. The fourth-order valence-corrected chi connectivity index (χ4v) is 0.703. The third-order valence-corrected chi connectivity index (χ3v) is 1.57. The van der Waals surface area contributed by atoms with Crippen molar-refractivity contribution < 1.29 is 25.5 Å². The van der Waals surface area contributed by atoms with Gasteiger partial charge >= 0.3 is 0 Å². The summed E-state index contributed by atoms with van der Waals surface area (Å²) >= 11 is 0. The van der Waals surface area contributed by atoms with Crippen molar-refractivity contribution in [2.45, 2.75) is 24.4 Å². The van der Waals surface area contributed by atoms with E-state index in [-0.39, 0.29) is 30.5 Å². The molecule has 0 spiro atoms. The fourth-order valence-electron chi connectivity index (χ4n) is 0.703. The molecule has 0 aliphatic carbocycles. The maximum atomic E-state index is 9.04. The van der Waals surface area contributed by atoms with Crippen molar-refractivity contribution in [3.05, 3.63) is 0 Å². The predicted octanol–water partition coefficient (Wildman–Crippen LogP) is -3.00. The van der Waals surface area contributed by atoms with E-state index in [9.17, 15) is 0 Å². The number of hydrogen-bond donors (Lipinski definition) is 6. The first-order valence-corrected chi connectivity index (χ1v) is 3.57. The van der Waals surface area contributed by atoms with Gasteiger partial charge in [-0.15, -0.1) is 24.0 Å². The average molecular weight is 309 g/mol. The molecule has 0 rings (SSSR count). The van der Waals surface area contributed by atoms with Gasteiger partial charge in [0.15, 0.2) is 0 Å². The van der Waals surface area contributed by atoms with Crippen LogP contribution < -0.4 is 5.73 Å². The first kappa shape index (κ1) is 15.9. The highest BCUT2D eigenvalue weighted by atomic mass is 127. The van der Waals surface area contributed by atoms with Crippen LogP contribution in [0.4, 0.5) is 0 Å². The molecule has 0 fully saturated rings. The minimum atomic E-state index is -1.59. The lowest BCUT2D eigenvalue weighted by atomic mass is 10.0. The number of halogens is 1. The zero-order valence-corrected chi connectivity index (χ0v) is 9.28. The largest absolute Gasteiger partial charge is 0.394 e. The summed E-state index contributed by atoms with van der Waals surface area (Å²) in [7, 11) is 0.